The molecule has 88 valence electrons. The lowest BCUT2D eigenvalue weighted by molar-refractivity contribution is -0.115. The van der Waals surface area contributed by atoms with Gasteiger partial charge in [0.1, 0.15) is 5.82 Å². The van der Waals surface area contributed by atoms with Gasteiger partial charge in [-0.3, -0.25) is 4.79 Å². The zero-order chi connectivity index (χ0) is 12.1. The number of amides is 1. The molecule has 1 aromatic rings. The van der Waals surface area contributed by atoms with E-state index in [0.717, 1.165) is 0 Å². The minimum atomic E-state index is -1.29. The van der Waals surface area contributed by atoms with Crippen LogP contribution < -0.4 is 10.6 Å². The molecule has 1 amide bonds. The first kappa shape index (κ1) is 12.5. The summed E-state index contributed by atoms with van der Waals surface area (Å²) in [6, 6.07) is 0.993. The van der Waals surface area contributed by atoms with Gasteiger partial charge >= 0.3 is 0 Å². The van der Waals surface area contributed by atoms with Gasteiger partial charge in [0, 0.05) is 12.1 Å². The SMILES string of the molecule is CCNCC(=O)Nc1cc(F)c(F)cc1F. The Morgan fingerprint density at radius 1 is 1.19 bits per heavy atom. The number of anilines is 1. The highest BCUT2D eigenvalue weighted by molar-refractivity contribution is 5.92. The Labute approximate surface area is 90.6 Å². The molecule has 0 aliphatic carbocycles. The summed E-state index contributed by atoms with van der Waals surface area (Å²) in [4.78, 5) is 11.2. The zero-order valence-electron chi connectivity index (χ0n) is 8.61. The van der Waals surface area contributed by atoms with E-state index in [9.17, 15) is 18.0 Å². The quantitative estimate of drug-likeness (QED) is 0.775. The molecule has 0 aliphatic heterocycles. The molecule has 16 heavy (non-hydrogen) atoms. The van der Waals surface area contributed by atoms with Gasteiger partial charge in [-0.2, -0.15) is 0 Å². The Balaban J connectivity index is 2.73. The summed E-state index contributed by atoms with van der Waals surface area (Å²) < 4.78 is 38.4. The summed E-state index contributed by atoms with van der Waals surface area (Å²) >= 11 is 0. The molecule has 0 unspecified atom stereocenters. The van der Waals surface area contributed by atoms with Crippen molar-refractivity contribution in [3.63, 3.8) is 0 Å². The van der Waals surface area contributed by atoms with Crippen LogP contribution in [0, 0.1) is 17.5 Å². The molecule has 0 heterocycles. The van der Waals surface area contributed by atoms with Crippen LogP contribution in [0.3, 0.4) is 0 Å². The largest absolute Gasteiger partial charge is 0.322 e. The third kappa shape index (κ3) is 3.23. The van der Waals surface area contributed by atoms with Gasteiger partial charge < -0.3 is 10.6 Å². The Hall–Kier alpha value is -1.56. The fraction of sp³-hybridized carbons (Fsp3) is 0.300. The van der Waals surface area contributed by atoms with Crippen molar-refractivity contribution in [1.82, 2.24) is 5.32 Å². The standard InChI is InChI=1S/C10H11F3N2O/c1-2-14-5-10(16)15-9-4-7(12)6(11)3-8(9)13/h3-4,14H,2,5H2,1H3,(H,15,16). The average Bonchev–Trinajstić information content (AvgIpc) is 2.23. The van der Waals surface area contributed by atoms with Crippen molar-refractivity contribution < 1.29 is 18.0 Å². The molecular formula is C10H11F3N2O. The van der Waals surface area contributed by atoms with Crippen LogP contribution in [-0.4, -0.2) is 19.0 Å². The molecule has 0 aromatic heterocycles. The fourth-order valence-electron chi connectivity index (χ4n) is 1.05. The van der Waals surface area contributed by atoms with Crippen molar-refractivity contribution in [2.45, 2.75) is 6.92 Å². The number of carbonyl (C=O) groups is 1. The summed E-state index contributed by atoms with van der Waals surface area (Å²) in [6.45, 7) is 2.36. The summed E-state index contributed by atoms with van der Waals surface area (Å²) in [5.74, 6) is -4.03. The molecule has 0 fully saturated rings. The van der Waals surface area contributed by atoms with Crippen LogP contribution in [0.1, 0.15) is 6.92 Å². The van der Waals surface area contributed by atoms with Crippen molar-refractivity contribution >= 4 is 11.6 Å². The molecule has 3 nitrogen and oxygen atoms in total. The molecule has 0 aliphatic rings. The zero-order valence-corrected chi connectivity index (χ0v) is 8.61. The van der Waals surface area contributed by atoms with Crippen molar-refractivity contribution in [3.8, 4) is 0 Å². The Morgan fingerprint density at radius 3 is 2.44 bits per heavy atom. The van der Waals surface area contributed by atoms with Gasteiger partial charge in [0.25, 0.3) is 0 Å². The van der Waals surface area contributed by atoms with E-state index in [4.69, 9.17) is 0 Å². The Morgan fingerprint density at radius 2 is 1.81 bits per heavy atom. The molecule has 0 bridgehead atoms. The van der Waals surface area contributed by atoms with E-state index in [1.54, 1.807) is 6.92 Å². The Kier molecular flexibility index (Phi) is 4.30. The number of carbonyl (C=O) groups excluding carboxylic acids is 1. The lowest BCUT2D eigenvalue weighted by atomic mass is 10.3. The van der Waals surface area contributed by atoms with E-state index in [0.29, 0.717) is 18.7 Å². The van der Waals surface area contributed by atoms with Crippen LogP contribution in [0.4, 0.5) is 18.9 Å². The number of benzene rings is 1. The molecule has 0 atom stereocenters. The lowest BCUT2D eigenvalue weighted by Crippen LogP contribution is -2.28. The third-order valence-corrected chi connectivity index (χ3v) is 1.82. The topological polar surface area (TPSA) is 41.1 Å². The maximum absolute atomic E-state index is 13.1. The van der Waals surface area contributed by atoms with Crippen LogP contribution in [0.25, 0.3) is 0 Å². The van der Waals surface area contributed by atoms with Gasteiger partial charge in [0.05, 0.1) is 12.2 Å². The number of nitrogens with one attached hydrogen (secondary N) is 2. The predicted octanol–water partition coefficient (Wildman–Crippen LogP) is 1.65. The van der Waals surface area contributed by atoms with Gasteiger partial charge in [-0.15, -0.1) is 0 Å². The van der Waals surface area contributed by atoms with Gasteiger partial charge in [0.15, 0.2) is 11.6 Å². The molecule has 2 N–H and O–H groups in total. The highest BCUT2D eigenvalue weighted by Crippen LogP contribution is 2.18. The van der Waals surface area contributed by atoms with Gasteiger partial charge in [0.2, 0.25) is 5.91 Å². The summed E-state index contributed by atoms with van der Waals surface area (Å²) in [7, 11) is 0. The minimum absolute atomic E-state index is 0.0189. The van der Waals surface area contributed by atoms with Gasteiger partial charge in [-0.1, -0.05) is 6.92 Å². The second-order valence-corrected chi connectivity index (χ2v) is 3.07. The minimum Gasteiger partial charge on any atom is -0.322 e. The molecule has 1 aromatic carbocycles. The predicted molar refractivity (Wildman–Crippen MR) is 53.5 cm³/mol. The van der Waals surface area contributed by atoms with E-state index < -0.39 is 23.4 Å². The van der Waals surface area contributed by atoms with E-state index >= 15 is 0 Å². The van der Waals surface area contributed by atoms with E-state index in [2.05, 4.69) is 10.6 Å². The summed E-state index contributed by atoms with van der Waals surface area (Å²) in [5, 5.41) is 4.84. The van der Waals surface area contributed by atoms with Gasteiger partial charge in [-0.05, 0) is 6.54 Å². The van der Waals surface area contributed by atoms with Crippen molar-refractivity contribution in [2.24, 2.45) is 0 Å². The maximum atomic E-state index is 13.1. The van der Waals surface area contributed by atoms with Crippen LogP contribution in [0.15, 0.2) is 12.1 Å². The lowest BCUT2D eigenvalue weighted by Gasteiger charge is -2.07. The van der Waals surface area contributed by atoms with Crippen molar-refractivity contribution in [2.75, 3.05) is 18.4 Å². The normalized spacial score (nSPS) is 10.2. The van der Waals surface area contributed by atoms with Gasteiger partial charge in [-0.25, -0.2) is 13.2 Å². The molecule has 6 heteroatoms. The van der Waals surface area contributed by atoms with E-state index in [1.165, 1.54) is 0 Å². The third-order valence-electron chi connectivity index (χ3n) is 1.82. The smallest absolute Gasteiger partial charge is 0.238 e. The summed E-state index contributed by atoms with van der Waals surface area (Å²) in [6.07, 6.45) is 0. The first-order chi connectivity index (χ1) is 7.54. The number of hydrogen-bond acceptors (Lipinski definition) is 2. The molecular weight excluding hydrogens is 221 g/mol. The first-order valence-corrected chi connectivity index (χ1v) is 4.69. The maximum Gasteiger partial charge on any atom is 0.238 e. The van der Waals surface area contributed by atoms with Crippen molar-refractivity contribution in [1.29, 1.82) is 0 Å². The van der Waals surface area contributed by atoms with E-state index in [1.807, 2.05) is 0 Å². The van der Waals surface area contributed by atoms with E-state index in [-0.39, 0.29) is 12.2 Å². The number of rotatable bonds is 4. The highest BCUT2D eigenvalue weighted by atomic mass is 19.2. The summed E-state index contributed by atoms with van der Waals surface area (Å²) in [5.41, 5.74) is -0.373. The highest BCUT2D eigenvalue weighted by Gasteiger charge is 2.11. The molecule has 0 spiro atoms. The molecule has 0 radical (unpaired) electrons. The molecule has 0 saturated carbocycles. The van der Waals surface area contributed by atoms with Crippen LogP contribution in [-0.2, 0) is 4.79 Å². The Bertz CT molecular complexity index is 396. The number of halogens is 3. The second-order valence-electron chi connectivity index (χ2n) is 3.07. The number of likely N-dealkylation sites (N-methyl/N-ethyl adjacent to an activating group) is 1. The van der Waals surface area contributed by atoms with Crippen molar-refractivity contribution in [3.05, 3.63) is 29.6 Å². The second kappa shape index (κ2) is 5.50. The van der Waals surface area contributed by atoms with Crippen LogP contribution in [0.2, 0.25) is 0 Å². The van der Waals surface area contributed by atoms with Crippen LogP contribution in [0.5, 0.6) is 0 Å². The molecule has 0 saturated heterocycles. The van der Waals surface area contributed by atoms with Crippen LogP contribution >= 0.6 is 0 Å². The average molecular weight is 232 g/mol. The fourth-order valence-corrected chi connectivity index (χ4v) is 1.05. The molecule has 1 rings (SSSR count). The number of hydrogen-bond donors (Lipinski definition) is 2. The monoisotopic (exact) mass is 232 g/mol. The first-order valence-electron chi connectivity index (χ1n) is 4.69.